The van der Waals surface area contributed by atoms with Crippen LogP contribution in [0.15, 0.2) is 18.3 Å². The number of nitrogens with one attached hydrogen (secondary N) is 1. The molecule has 0 aromatic carbocycles. The second kappa shape index (κ2) is 8.22. The lowest BCUT2D eigenvalue weighted by atomic mass is 10.1. The molecule has 1 unspecified atom stereocenters. The fourth-order valence-corrected chi connectivity index (χ4v) is 2.31. The molecular weight excluding hydrogens is 250 g/mol. The summed E-state index contributed by atoms with van der Waals surface area (Å²) in [5.74, 6) is 0.706. The summed E-state index contributed by atoms with van der Waals surface area (Å²) >= 11 is 0. The quantitative estimate of drug-likeness (QED) is 0.794. The first-order valence-electron chi connectivity index (χ1n) is 7.47. The molecule has 0 radical (unpaired) electrons. The van der Waals surface area contributed by atoms with Crippen molar-refractivity contribution in [3.63, 3.8) is 0 Å². The highest BCUT2D eigenvalue weighted by molar-refractivity contribution is 5.23. The van der Waals surface area contributed by atoms with E-state index >= 15 is 0 Å². The Morgan fingerprint density at radius 1 is 1.20 bits per heavy atom. The zero-order valence-electron chi connectivity index (χ0n) is 13.7. The Morgan fingerprint density at radius 3 is 2.40 bits per heavy atom. The van der Waals surface area contributed by atoms with Crippen molar-refractivity contribution in [2.45, 2.75) is 52.7 Å². The largest absolute Gasteiger partial charge is 0.476 e. The molecule has 0 bridgehead atoms. The van der Waals surface area contributed by atoms with E-state index < -0.39 is 0 Å². The van der Waals surface area contributed by atoms with Gasteiger partial charge in [-0.2, -0.15) is 0 Å². The van der Waals surface area contributed by atoms with Gasteiger partial charge in [0, 0.05) is 36.9 Å². The number of aromatic nitrogens is 1. The maximum Gasteiger partial charge on any atom is 0.213 e. The van der Waals surface area contributed by atoms with E-state index in [1.807, 2.05) is 19.2 Å². The third kappa shape index (κ3) is 5.10. The van der Waals surface area contributed by atoms with Crippen LogP contribution in [-0.4, -0.2) is 42.2 Å². The van der Waals surface area contributed by atoms with Crippen molar-refractivity contribution < 1.29 is 4.74 Å². The molecule has 1 heterocycles. The van der Waals surface area contributed by atoms with Gasteiger partial charge < -0.3 is 10.1 Å². The van der Waals surface area contributed by atoms with Gasteiger partial charge in [-0.15, -0.1) is 0 Å². The highest BCUT2D eigenvalue weighted by Gasteiger charge is 2.13. The Labute approximate surface area is 123 Å². The molecule has 1 aromatic heterocycles. The van der Waals surface area contributed by atoms with E-state index in [1.165, 1.54) is 5.56 Å². The lowest BCUT2D eigenvalue weighted by Gasteiger charge is -2.30. The van der Waals surface area contributed by atoms with Crippen molar-refractivity contribution in [1.29, 1.82) is 0 Å². The van der Waals surface area contributed by atoms with Crippen LogP contribution in [0.2, 0.25) is 0 Å². The minimum Gasteiger partial charge on any atom is -0.476 e. The van der Waals surface area contributed by atoms with Crippen LogP contribution in [0, 0.1) is 0 Å². The van der Waals surface area contributed by atoms with E-state index in [2.05, 4.69) is 49.8 Å². The summed E-state index contributed by atoms with van der Waals surface area (Å²) < 4.78 is 5.79. The predicted octanol–water partition coefficient (Wildman–Crippen LogP) is 2.86. The first-order valence-corrected chi connectivity index (χ1v) is 7.47. The summed E-state index contributed by atoms with van der Waals surface area (Å²) in [7, 11) is 1.95. The number of hydrogen-bond donors (Lipinski definition) is 1. The number of ether oxygens (including phenoxy) is 1. The zero-order valence-corrected chi connectivity index (χ0v) is 13.7. The van der Waals surface area contributed by atoms with Crippen LogP contribution < -0.4 is 10.1 Å². The van der Waals surface area contributed by atoms with Gasteiger partial charge in [0.15, 0.2) is 0 Å². The second-order valence-electron chi connectivity index (χ2n) is 5.71. The fourth-order valence-electron chi connectivity index (χ4n) is 2.31. The molecule has 4 nitrogen and oxygen atoms in total. The van der Waals surface area contributed by atoms with Crippen molar-refractivity contribution in [1.82, 2.24) is 15.2 Å². The first kappa shape index (κ1) is 16.9. The summed E-state index contributed by atoms with van der Waals surface area (Å²) in [6.45, 7) is 12.6. The van der Waals surface area contributed by atoms with Crippen molar-refractivity contribution in [2.24, 2.45) is 0 Å². The van der Waals surface area contributed by atoms with Gasteiger partial charge in [0.25, 0.3) is 0 Å². The zero-order chi connectivity index (χ0) is 15.1. The minimum absolute atomic E-state index is 0.308. The van der Waals surface area contributed by atoms with E-state index in [0.29, 0.717) is 30.6 Å². The van der Waals surface area contributed by atoms with E-state index in [1.54, 1.807) is 6.20 Å². The van der Waals surface area contributed by atoms with Crippen molar-refractivity contribution in [2.75, 3.05) is 20.2 Å². The molecule has 20 heavy (non-hydrogen) atoms. The molecule has 114 valence electrons. The molecule has 0 saturated carbocycles. The van der Waals surface area contributed by atoms with Crippen molar-refractivity contribution >= 4 is 0 Å². The highest BCUT2D eigenvalue weighted by Crippen LogP contribution is 2.16. The molecular formula is C16H29N3O. The van der Waals surface area contributed by atoms with Crippen LogP contribution in [0.3, 0.4) is 0 Å². The standard InChI is InChI=1S/C16H29N3O/c1-12(2)19(13(3)4)9-10-20-16-11-15(7-8-18-16)14(5)17-6/h7-8,11-14,17H,9-10H2,1-6H3. The highest BCUT2D eigenvalue weighted by atomic mass is 16.5. The van der Waals surface area contributed by atoms with Crippen LogP contribution in [-0.2, 0) is 0 Å². The van der Waals surface area contributed by atoms with E-state index in [9.17, 15) is 0 Å². The van der Waals surface area contributed by atoms with E-state index in [0.717, 1.165) is 6.54 Å². The summed E-state index contributed by atoms with van der Waals surface area (Å²) in [6.07, 6.45) is 1.81. The van der Waals surface area contributed by atoms with Gasteiger partial charge >= 0.3 is 0 Å². The maximum absolute atomic E-state index is 5.79. The number of pyridine rings is 1. The normalized spacial score (nSPS) is 13.2. The Balaban J connectivity index is 2.53. The smallest absolute Gasteiger partial charge is 0.213 e. The van der Waals surface area contributed by atoms with Gasteiger partial charge in [0.05, 0.1) is 0 Å². The molecule has 0 fully saturated rings. The summed E-state index contributed by atoms with van der Waals surface area (Å²) in [5.41, 5.74) is 1.20. The Kier molecular flexibility index (Phi) is 6.96. The Bertz CT molecular complexity index is 385. The van der Waals surface area contributed by atoms with Crippen LogP contribution >= 0.6 is 0 Å². The topological polar surface area (TPSA) is 37.4 Å². The molecule has 1 aromatic rings. The SMILES string of the molecule is CNC(C)c1ccnc(OCCN(C(C)C)C(C)C)c1. The number of hydrogen-bond acceptors (Lipinski definition) is 4. The molecule has 0 saturated heterocycles. The number of rotatable bonds is 8. The molecule has 0 amide bonds. The molecule has 4 heteroatoms. The summed E-state index contributed by atoms with van der Waals surface area (Å²) in [4.78, 5) is 6.69. The molecule has 0 aliphatic rings. The lowest BCUT2D eigenvalue weighted by Crippen LogP contribution is -2.39. The fraction of sp³-hybridized carbons (Fsp3) is 0.688. The number of nitrogens with zero attached hydrogens (tertiary/aromatic N) is 2. The van der Waals surface area contributed by atoms with Gasteiger partial charge in [-0.1, -0.05) is 0 Å². The van der Waals surface area contributed by atoms with Crippen LogP contribution in [0.4, 0.5) is 0 Å². The van der Waals surface area contributed by atoms with E-state index in [-0.39, 0.29) is 0 Å². The van der Waals surface area contributed by atoms with E-state index in [4.69, 9.17) is 4.74 Å². The molecule has 0 spiro atoms. The molecule has 1 atom stereocenters. The molecule has 1 rings (SSSR count). The third-order valence-corrected chi connectivity index (χ3v) is 3.62. The monoisotopic (exact) mass is 279 g/mol. The maximum atomic E-state index is 5.79. The van der Waals surface area contributed by atoms with Crippen LogP contribution in [0.5, 0.6) is 5.88 Å². The Hall–Kier alpha value is -1.13. The van der Waals surface area contributed by atoms with Crippen molar-refractivity contribution in [3.05, 3.63) is 23.9 Å². The minimum atomic E-state index is 0.308. The molecule has 0 aliphatic carbocycles. The van der Waals surface area contributed by atoms with Crippen LogP contribution in [0.25, 0.3) is 0 Å². The lowest BCUT2D eigenvalue weighted by molar-refractivity contribution is 0.140. The van der Waals surface area contributed by atoms with Crippen molar-refractivity contribution in [3.8, 4) is 5.88 Å². The summed E-state index contributed by atoms with van der Waals surface area (Å²) in [6, 6.07) is 5.39. The van der Waals surface area contributed by atoms with Gasteiger partial charge in [0.1, 0.15) is 6.61 Å². The first-order chi connectivity index (χ1) is 9.45. The van der Waals surface area contributed by atoms with Gasteiger partial charge in [0.2, 0.25) is 5.88 Å². The molecule has 1 N–H and O–H groups in total. The van der Waals surface area contributed by atoms with Gasteiger partial charge in [-0.25, -0.2) is 4.98 Å². The average Bonchev–Trinajstić information content (AvgIpc) is 2.42. The average molecular weight is 279 g/mol. The third-order valence-electron chi connectivity index (χ3n) is 3.62. The van der Waals surface area contributed by atoms with Crippen LogP contribution in [0.1, 0.15) is 46.2 Å². The predicted molar refractivity (Wildman–Crippen MR) is 84.2 cm³/mol. The Morgan fingerprint density at radius 2 is 1.85 bits per heavy atom. The summed E-state index contributed by atoms with van der Waals surface area (Å²) in [5, 5.41) is 3.22. The van der Waals surface area contributed by atoms with Gasteiger partial charge in [-0.05, 0) is 53.3 Å². The molecule has 0 aliphatic heterocycles. The van der Waals surface area contributed by atoms with Gasteiger partial charge in [-0.3, -0.25) is 4.90 Å². The second-order valence-corrected chi connectivity index (χ2v) is 5.71.